The van der Waals surface area contributed by atoms with Crippen molar-refractivity contribution in [2.75, 3.05) is 6.54 Å². The minimum Gasteiger partial charge on any atom is -0.393 e. The Labute approximate surface area is 129 Å². The van der Waals surface area contributed by atoms with E-state index in [4.69, 9.17) is 0 Å². The van der Waals surface area contributed by atoms with E-state index < -0.39 is 0 Å². The Morgan fingerprint density at radius 3 is 2.81 bits per heavy atom. The number of aromatic nitrogens is 2. The second-order valence-electron chi connectivity index (χ2n) is 6.35. The molecule has 0 aliphatic carbocycles. The van der Waals surface area contributed by atoms with E-state index in [1.807, 2.05) is 6.92 Å². The zero-order valence-corrected chi connectivity index (χ0v) is 13.9. The summed E-state index contributed by atoms with van der Waals surface area (Å²) in [6.07, 6.45) is 6.78. The smallest absolute Gasteiger partial charge is 0.0625 e. The van der Waals surface area contributed by atoms with Crippen LogP contribution in [0.1, 0.15) is 64.3 Å². The normalized spacial score (nSPS) is 22.2. The van der Waals surface area contributed by atoms with Gasteiger partial charge in [0.1, 0.15) is 0 Å². The van der Waals surface area contributed by atoms with Crippen molar-refractivity contribution in [1.82, 2.24) is 14.7 Å². The highest BCUT2D eigenvalue weighted by atomic mass is 16.3. The van der Waals surface area contributed by atoms with Gasteiger partial charge in [0.2, 0.25) is 0 Å². The SMILES string of the molecule is CCc1cc(CN2CCCCCC2CC(C)O)n(CC)n1. The lowest BCUT2D eigenvalue weighted by atomic mass is 10.0. The molecule has 120 valence electrons. The Morgan fingerprint density at radius 2 is 2.14 bits per heavy atom. The molecule has 1 aromatic heterocycles. The Morgan fingerprint density at radius 1 is 1.33 bits per heavy atom. The van der Waals surface area contributed by atoms with Crippen molar-refractivity contribution >= 4 is 0 Å². The Bertz CT molecular complexity index is 428. The molecule has 4 heteroatoms. The summed E-state index contributed by atoms with van der Waals surface area (Å²) in [5, 5.41) is 14.4. The van der Waals surface area contributed by atoms with Crippen LogP contribution in [0.5, 0.6) is 0 Å². The minimum absolute atomic E-state index is 0.210. The maximum Gasteiger partial charge on any atom is 0.0625 e. The van der Waals surface area contributed by atoms with Gasteiger partial charge in [-0.3, -0.25) is 9.58 Å². The number of aryl methyl sites for hydroxylation is 2. The lowest BCUT2D eigenvalue weighted by molar-refractivity contribution is 0.106. The van der Waals surface area contributed by atoms with Gasteiger partial charge < -0.3 is 5.11 Å². The molecular weight excluding hydrogens is 262 g/mol. The van der Waals surface area contributed by atoms with Crippen LogP contribution in [0.15, 0.2) is 6.07 Å². The van der Waals surface area contributed by atoms with E-state index in [1.165, 1.54) is 37.1 Å². The van der Waals surface area contributed by atoms with Crippen LogP contribution in [0, 0.1) is 0 Å². The number of hydrogen-bond donors (Lipinski definition) is 1. The van der Waals surface area contributed by atoms with Gasteiger partial charge in [0.25, 0.3) is 0 Å². The molecule has 0 aromatic carbocycles. The van der Waals surface area contributed by atoms with E-state index in [-0.39, 0.29) is 6.10 Å². The first kappa shape index (κ1) is 16.5. The highest BCUT2D eigenvalue weighted by molar-refractivity contribution is 5.10. The maximum atomic E-state index is 9.78. The molecule has 0 saturated carbocycles. The summed E-state index contributed by atoms with van der Waals surface area (Å²) in [5.74, 6) is 0. The molecule has 2 unspecified atom stereocenters. The van der Waals surface area contributed by atoms with E-state index in [0.717, 1.165) is 32.5 Å². The monoisotopic (exact) mass is 293 g/mol. The van der Waals surface area contributed by atoms with Gasteiger partial charge in [-0.15, -0.1) is 0 Å². The summed E-state index contributed by atoms with van der Waals surface area (Å²) in [6.45, 7) is 9.28. The van der Waals surface area contributed by atoms with Gasteiger partial charge in [-0.2, -0.15) is 5.10 Å². The summed E-state index contributed by atoms with van der Waals surface area (Å²) < 4.78 is 2.14. The van der Waals surface area contributed by atoms with Crippen molar-refractivity contribution in [1.29, 1.82) is 0 Å². The Hall–Kier alpha value is -0.870. The number of aliphatic hydroxyl groups is 1. The van der Waals surface area contributed by atoms with Crippen LogP contribution < -0.4 is 0 Å². The molecule has 0 amide bonds. The first-order chi connectivity index (χ1) is 10.1. The molecule has 21 heavy (non-hydrogen) atoms. The van der Waals surface area contributed by atoms with Gasteiger partial charge >= 0.3 is 0 Å². The average Bonchev–Trinajstić information content (AvgIpc) is 2.73. The van der Waals surface area contributed by atoms with Crippen molar-refractivity contribution in [2.45, 2.75) is 84.5 Å². The van der Waals surface area contributed by atoms with Crippen molar-refractivity contribution in [3.8, 4) is 0 Å². The average molecular weight is 293 g/mol. The fourth-order valence-corrected chi connectivity index (χ4v) is 3.40. The van der Waals surface area contributed by atoms with Gasteiger partial charge in [0.05, 0.1) is 17.5 Å². The van der Waals surface area contributed by atoms with Crippen LogP contribution in [0.25, 0.3) is 0 Å². The number of likely N-dealkylation sites (tertiary alicyclic amines) is 1. The Kier molecular flexibility index (Phi) is 6.24. The fraction of sp³-hybridized carbons (Fsp3) is 0.824. The van der Waals surface area contributed by atoms with Crippen molar-refractivity contribution < 1.29 is 5.11 Å². The van der Waals surface area contributed by atoms with E-state index in [1.54, 1.807) is 0 Å². The molecule has 2 rings (SSSR count). The lowest BCUT2D eigenvalue weighted by Crippen LogP contribution is -2.37. The summed E-state index contributed by atoms with van der Waals surface area (Å²) in [6, 6.07) is 2.77. The molecule has 4 nitrogen and oxygen atoms in total. The first-order valence-corrected chi connectivity index (χ1v) is 8.61. The third-order valence-corrected chi connectivity index (χ3v) is 4.55. The highest BCUT2D eigenvalue weighted by Crippen LogP contribution is 2.23. The predicted molar refractivity (Wildman–Crippen MR) is 86.2 cm³/mol. The van der Waals surface area contributed by atoms with Crippen molar-refractivity contribution in [2.24, 2.45) is 0 Å². The van der Waals surface area contributed by atoms with Crippen LogP contribution in [0.2, 0.25) is 0 Å². The fourth-order valence-electron chi connectivity index (χ4n) is 3.40. The Balaban J connectivity index is 2.11. The molecular formula is C17H31N3O. The molecule has 1 N–H and O–H groups in total. The van der Waals surface area contributed by atoms with Crippen LogP contribution >= 0.6 is 0 Å². The molecule has 1 aliphatic heterocycles. The second kappa shape index (κ2) is 7.95. The van der Waals surface area contributed by atoms with Gasteiger partial charge in [-0.1, -0.05) is 19.8 Å². The molecule has 1 saturated heterocycles. The van der Waals surface area contributed by atoms with Gasteiger partial charge in [0, 0.05) is 19.1 Å². The number of hydrogen-bond acceptors (Lipinski definition) is 3. The number of rotatable bonds is 6. The first-order valence-electron chi connectivity index (χ1n) is 8.61. The highest BCUT2D eigenvalue weighted by Gasteiger charge is 2.23. The summed E-state index contributed by atoms with van der Waals surface area (Å²) in [4.78, 5) is 2.57. The summed E-state index contributed by atoms with van der Waals surface area (Å²) in [7, 11) is 0. The van der Waals surface area contributed by atoms with E-state index in [2.05, 4.69) is 34.6 Å². The molecule has 0 spiro atoms. The van der Waals surface area contributed by atoms with Gasteiger partial charge in [-0.25, -0.2) is 0 Å². The van der Waals surface area contributed by atoms with E-state index >= 15 is 0 Å². The standard InChI is InChI=1S/C17H31N3O/c1-4-15-12-17(20(5-2)18-15)13-19-10-8-6-7-9-16(19)11-14(3)21/h12,14,16,21H,4-11,13H2,1-3H3. The number of nitrogens with zero attached hydrogens (tertiary/aromatic N) is 3. The van der Waals surface area contributed by atoms with E-state index in [9.17, 15) is 5.11 Å². The van der Waals surface area contributed by atoms with Crippen LogP contribution in [0.4, 0.5) is 0 Å². The molecule has 2 heterocycles. The molecule has 0 bridgehead atoms. The zero-order chi connectivity index (χ0) is 15.2. The molecule has 1 fully saturated rings. The topological polar surface area (TPSA) is 41.3 Å². The zero-order valence-electron chi connectivity index (χ0n) is 13.9. The van der Waals surface area contributed by atoms with Crippen molar-refractivity contribution in [3.63, 3.8) is 0 Å². The molecule has 2 atom stereocenters. The summed E-state index contributed by atoms with van der Waals surface area (Å²) in [5.41, 5.74) is 2.51. The molecule has 1 aromatic rings. The largest absolute Gasteiger partial charge is 0.393 e. The molecule has 0 radical (unpaired) electrons. The van der Waals surface area contributed by atoms with Crippen LogP contribution in [-0.4, -0.2) is 38.5 Å². The quantitative estimate of drug-likeness (QED) is 0.876. The minimum atomic E-state index is -0.210. The third kappa shape index (κ3) is 4.55. The van der Waals surface area contributed by atoms with Gasteiger partial charge in [0.15, 0.2) is 0 Å². The second-order valence-corrected chi connectivity index (χ2v) is 6.35. The predicted octanol–water partition coefficient (Wildman–Crippen LogP) is 2.98. The third-order valence-electron chi connectivity index (χ3n) is 4.55. The molecule has 1 aliphatic rings. The lowest BCUT2D eigenvalue weighted by Gasteiger charge is -2.30. The van der Waals surface area contributed by atoms with Crippen molar-refractivity contribution in [3.05, 3.63) is 17.5 Å². The maximum absolute atomic E-state index is 9.78. The number of aliphatic hydroxyl groups excluding tert-OH is 1. The van der Waals surface area contributed by atoms with E-state index in [0.29, 0.717) is 6.04 Å². The van der Waals surface area contributed by atoms with Gasteiger partial charge in [-0.05, 0) is 52.1 Å². The van der Waals surface area contributed by atoms with Crippen LogP contribution in [-0.2, 0) is 19.5 Å². The summed E-state index contributed by atoms with van der Waals surface area (Å²) >= 11 is 0. The van der Waals surface area contributed by atoms with Crippen LogP contribution in [0.3, 0.4) is 0 Å².